The van der Waals surface area contributed by atoms with Gasteiger partial charge in [0.15, 0.2) is 0 Å². The maximum atomic E-state index is 4.94. The first kappa shape index (κ1) is 22.4. The van der Waals surface area contributed by atoms with E-state index in [1.54, 1.807) is 0 Å². The summed E-state index contributed by atoms with van der Waals surface area (Å²) in [5.41, 5.74) is 8.07. The van der Waals surface area contributed by atoms with E-state index in [9.17, 15) is 0 Å². The van der Waals surface area contributed by atoms with Crippen LogP contribution >= 0.6 is 0 Å². The van der Waals surface area contributed by atoms with E-state index >= 15 is 0 Å². The van der Waals surface area contributed by atoms with E-state index in [0.29, 0.717) is 0 Å². The third-order valence-corrected chi connectivity index (χ3v) is 8.66. The normalized spacial score (nSPS) is 14.3. The molecular weight excluding hydrogens is 498 g/mol. The highest BCUT2D eigenvalue weighted by molar-refractivity contribution is 6.25. The van der Waals surface area contributed by atoms with Gasteiger partial charge in [0, 0.05) is 11.8 Å². The lowest BCUT2D eigenvalue weighted by atomic mass is 9.89. The molecule has 1 aliphatic rings. The Bertz CT molecular complexity index is 2260. The Morgan fingerprint density at radius 1 is 0.537 bits per heavy atom. The molecule has 0 bridgehead atoms. The van der Waals surface area contributed by atoms with Gasteiger partial charge < -0.3 is 5.32 Å². The van der Waals surface area contributed by atoms with E-state index in [-0.39, 0.29) is 6.04 Å². The van der Waals surface area contributed by atoms with Gasteiger partial charge in [0.2, 0.25) is 0 Å². The Hall–Kier alpha value is -5.41. The summed E-state index contributed by atoms with van der Waals surface area (Å²) in [5, 5.41) is 11.6. The number of nitrogens with zero attached hydrogens (tertiary/aromatic N) is 2. The number of anilines is 1. The molecule has 0 radical (unpaired) electrons. The molecule has 8 aromatic rings. The molecule has 0 saturated heterocycles. The fraction of sp³-hybridized carbons (Fsp3) is 0.0263. The predicted molar refractivity (Wildman–Crippen MR) is 170 cm³/mol. The summed E-state index contributed by atoms with van der Waals surface area (Å²) in [6, 6.07) is 48.3. The number of hydrogen-bond acceptors (Lipinski definition) is 2. The summed E-state index contributed by atoms with van der Waals surface area (Å²) in [7, 11) is 0. The smallest absolute Gasteiger partial charge is 0.139 e. The standard InChI is InChI=1S/C38H25N3/c1-2-11-29-27(9-1)28-10-3-4-12-30(28)34-23-26(20-21-31(29)34)24-16-18-25(19-17-24)36-32-13-5-6-14-33(32)37-38(40-36)41-22-8-7-15-35(41)39-37/h1-23,36,40H. The highest BCUT2D eigenvalue weighted by atomic mass is 15.2. The third-order valence-electron chi connectivity index (χ3n) is 8.66. The van der Waals surface area contributed by atoms with Crippen molar-refractivity contribution in [3.8, 4) is 22.4 Å². The Kier molecular flexibility index (Phi) is 4.67. The zero-order valence-electron chi connectivity index (χ0n) is 22.3. The van der Waals surface area contributed by atoms with Crippen molar-refractivity contribution >= 4 is 43.8 Å². The molecular formula is C38H25N3. The first-order valence-corrected chi connectivity index (χ1v) is 14.1. The van der Waals surface area contributed by atoms with Gasteiger partial charge in [0.1, 0.15) is 17.2 Å². The van der Waals surface area contributed by atoms with Crippen LogP contribution in [0.15, 0.2) is 140 Å². The van der Waals surface area contributed by atoms with Gasteiger partial charge in [0.25, 0.3) is 0 Å². The highest BCUT2D eigenvalue weighted by Crippen LogP contribution is 2.43. The highest BCUT2D eigenvalue weighted by Gasteiger charge is 2.28. The van der Waals surface area contributed by atoms with Crippen LogP contribution in [0.3, 0.4) is 0 Å². The molecule has 3 heterocycles. The van der Waals surface area contributed by atoms with Crippen LogP contribution in [0.4, 0.5) is 5.82 Å². The molecule has 3 nitrogen and oxygen atoms in total. The average Bonchev–Trinajstić information content (AvgIpc) is 3.43. The summed E-state index contributed by atoms with van der Waals surface area (Å²) in [6.07, 6.45) is 2.08. The van der Waals surface area contributed by atoms with E-state index in [1.807, 2.05) is 6.07 Å². The Morgan fingerprint density at radius 2 is 1.15 bits per heavy atom. The van der Waals surface area contributed by atoms with E-state index in [2.05, 4.69) is 143 Å². The largest absolute Gasteiger partial charge is 0.358 e. The topological polar surface area (TPSA) is 29.3 Å². The van der Waals surface area contributed by atoms with Crippen molar-refractivity contribution in [1.29, 1.82) is 0 Å². The predicted octanol–water partition coefficient (Wildman–Crippen LogP) is 9.64. The zero-order valence-corrected chi connectivity index (χ0v) is 22.3. The van der Waals surface area contributed by atoms with Gasteiger partial charge in [0.05, 0.1) is 6.04 Å². The molecule has 3 heteroatoms. The molecule has 41 heavy (non-hydrogen) atoms. The second-order valence-electron chi connectivity index (χ2n) is 10.9. The molecule has 0 amide bonds. The number of pyridine rings is 1. The number of fused-ring (bicyclic) bond motifs is 11. The lowest BCUT2D eigenvalue weighted by molar-refractivity contribution is 0.910. The first-order valence-electron chi connectivity index (χ1n) is 14.1. The fourth-order valence-electron chi connectivity index (χ4n) is 6.72. The van der Waals surface area contributed by atoms with Gasteiger partial charge in [-0.15, -0.1) is 0 Å². The van der Waals surface area contributed by atoms with Crippen LogP contribution in [0.2, 0.25) is 0 Å². The van der Waals surface area contributed by atoms with Crippen molar-refractivity contribution in [3.63, 3.8) is 0 Å². The second kappa shape index (κ2) is 8.54. The fourth-order valence-corrected chi connectivity index (χ4v) is 6.72. The summed E-state index contributed by atoms with van der Waals surface area (Å²) < 4.78 is 2.15. The minimum atomic E-state index is 0.0415. The molecule has 0 saturated carbocycles. The molecule has 2 aromatic heterocycles. The van der Waals surface area contributed by atoms with Gasteiger partial charge in [-0.25, -0.2) is 4.98 Å². The molecule has 9 rings (SSSR count). The van der Waals surface area contributed by atoms with Crippen LogP contribution in [0.25, 0.3) is 60.3 Å². The number of aromatic nitrogens is 2. The van der Waals surface area contributed by atoms with Crippen LogP contribution in [0.1, 0.15) is 17.2 Å². The number of rotatable bonds is 2. The summed E-state index contributed by atoms with van der Waals surface area (Å²) in [6.45, 7) is 0. The van der Waals surface area contributed by atoms with E-state index in [0.717, 1.165) is 17.2 Å². The molecule has 0 fully saturated rings. The maximum absolute atomic E-state index is 4.94. The molecule has 1 atom stereocenters. The number of imidazole rings is 1. The van der Waals surface area contributed by atoms with E-state index in [4.69, 9.17) is 4.98 Å². The lowest BCUT2D eigenvalue weighted by Gasteiger charge is -2.28. The third kappa shape index (κ3) is 3.30. The zero-order chi connectivity index (χ0) is 26.9. The SMILES string of the molecule is c1ccc2c(c1)-c1nc3ccccn3c1NC2c1ccc(-c2ccc3c4ccccc4c4ccccc4c3c2)cc1. The number of nitrogens with one attached hydrogen (secondary N) is 1. The van der Waals surface area contributed by atoms with Crippen molar-refractivity contribution in [3.05, 3.63) is 151 Å². The molecule has 0 aliphatic carbocycles. The summed E-state index contributed by atoms with van der Waals surface area (Å²) >= 11 is 0. The average molecular weight is 524 g/mol. The quantitative estimate of drug-likeness (QED) is 0.229. The molecule has 6 aromatic carbocycles. The van der Waals surface area contributed by atoms with Crippen LogP contribution in [0.5, 0.6) is 0 Å². The van der Waals surface area contributed by atoms with Crippen LogP contribution in [-0.4, -0.2) is 9.38 Å². The Morgan fingerprint density at radius 3 is 1.90 bits per heavy atom. The van der Waals surface area contributed by atoms with Crippen molar-refractivity contribution in [2.45, 2.75) is 6.04 Å². The van der Waals surface area contributed by atoms with Crippen LogP contribution in [-0.2, 0) is 0 Å². The van der Waals surface area contributed by atoms with Gasteiger partial charge in [-0.3, -0.25) is 4.40 Å². The van der Waals surface area contributed by atoms with Gasteiger partial charge >= 0.3 is 0 Å². The minimum absolute atomic E-state index is 0.0415. The van der Waals surface area contributed by atoms with Crippen molar-refractivity contribution in [1.82, 2.24) is 9.38 Å². The van der Waals surface area contributed by atoms with Crippen LogP contribution < -0.4 is 5.32 Å². The monoisotopic (exact) mass is 523 g/mol. The molecule has 0 spiro atoms. The van der Waals surface area contributed by atoms with Gasteiger partial charge in [-0.2, -0.15) is 0 Å². The Labute approximate surface area is 237 Å². The lowest BCUT2D eigenvalue weighted by Crippen LogP contribution is -2.18. The maximum Gasteiger partial charge on any atom is 0.139 e. The molecule has 192 valence electrons. The first-order chi connectivity index (χ1) is 20.3. The number of benzene rings is 6. The molecule has 1 unspecified atom stereocenters. The van der Waals surface area contributed by atoms with Crippen LogP contribution in [0, 0.1) is 0 Å². The van der Waals surface area contributed by atoms with Crippen molar-refractivity contribution < 1.29 is 0 Å². The van der Waals surface area contributed by atoms with Gasteiger partial charge in [-0.05, 0) is 72.8 Å². The summed E-state index contributed by atoms with van der Waals surface area (Å²) in [4.78, 5) is 4.94. The number of hydrogen-bond donors (Lipinski definition) is 1. The van der Waals surface area contributed by atoms with Crippen molar-refractivity contribution in [2.24, 2.45) is 0 Å². The van der Waals surface area contributed by atoms with E-state index < -0.39 is 0 Å². The molecule has 1 aliphatic heterocycles. The van der Waals surface area contributed by atoms with Crippen molar-refractivity contribution in [2.75, 3.05) is 5.32 Å². The Balaban J connectivity index is 1.15. The molecule has 1 N–H and O–H groups in total. The summed E-state index contributed by atoms with van der Waals surface area (Å²) in [5.74, 6) is 1.04. The van der Waals surface area contributed by atoms with E-state index in [1.165, 1.54) is 60.1 Å². The minimum Gasteiger partial charge on any atom is -0.358 e. The second-order valence-corrected chi connectivity index (χ2v) is 10.9. The van der Waals surface area contributed by atoms with Gasteiger partial charge in [-0.1, -0.05) is 115 Å².